The number of amides is 1. The molecule has 3 aromatic heterocycles. The topological polar surface area (TPSA) is 75.4 Å². The second-order valence-electron chi connectivity index (χ2n) is 6.11. The summed E-state index contributed by atoms with van der Waals surface area (Å²) in [5, 5.41) is 2.03. The third-order valence-electron chi connectivity index (χ3n) is 4.40. The number of carbonyl (C=O) groups is 1. The minimum Gasteiger partial charge on any atom is -0.436 e. The quantitative estimate of drug-likeness (QED) is 0.702. The van der Waals surface area contributed by atoms with E-state index >= 15 is 0 Å². The van der Waals surface area contributed by atoms with Gasteiger partial charge in [0.05, 0.1) is 15.9 Å². The largest absolute Gasteiger partial charge is 0.436 e. The fourth-order valence-corrected chi connectivity index (χ4v) is 4.07. The molecule has 1 fully saturated rings. The van der Waals surface area contributed by atoms with Crippen molar-refractivity contribution >= 4 is 33.3 Å². The summed E-state index contributed by atoms with van der Waals surface area (Å²) in [4.78, 5) is 29.8. The van der Waals surface area contributed by atoms with Crippen LogP contribution in [0.1, 0.15) is 28.6 Å². The van der Waals surface area contributed by atoms with Gasteiger partial charge in [0.25, 0.3) is 5.91 Å². The number of thiophene rings is 1. The van der Waals surface area contributed by atoms with E-state index in [9.17, 15) is 4.79 Å². The molecule has 0 atom stereocenters. The van der Waals surface area contributed by atoms with Crippen molar-refractivity contribution in [3.05, 3.63) is 35.1 Å². The van der Waals surface area contributed by atoms with Gasteiger partial charge in [-0.1, -0.05) is 0 Å². The summed E-state index contributed by atoms with van der Waals surface area (Å²) in [5.74, 6) is 1.76. The summed E-state index contributed by atoms with van der Waals surface area (Å²) in [6, 6.07) is 2.01. The van der Waals surface area contributed by atoms with Gasteiger partial charge in [-0.05, 0) is 24.8 Å². The summed E-state index contributed by atoms with van der Waals surface area (Å²) >= 11 is 1.65. The number of anilines is 1. The third-order valence-corrected chi connectivity index (χ3v) is 5.30. The summed E-state index contributed by atoms with van der Waals surface area (Å²) in [5.41, 5.74) is 1.62. The van der Waals surface area contributed by atoms with Gasteiger partial charge in [0, 0.05) is 33.1 Å². The van der Waals surface area contributed by atoms with Crippen molar-refractivity contribution in [1.82, 2.24) is 19.9 Å². The van der Waals surface area contributed by atoms with Crippen LogP contribution in [0.2, 0.25) is 0 Å². The molecule has 3 aromatic rings. The van der Waals surface area contributed by atoms with E-state index in [0.717, 1.165) is 35.5 Å². The Hall–Kier alpha value is -2.48. The van der Waals surface area contributed by atoms with Crippen molar-refractivity contribution in [3.8, 4) is 0 Å². The Labute approximate surface area is 149 Å². The van der Waals surface area contributed by atoms with Crippen molar-refractivity contribution < 1.29 is 9.21 Å². The molecule has 0 aromatic carbocycles. The maximum absolute atomic E-state index is 12.8. The number of hydrogen-bond donors (Lipinski definition) is 0. The normalized spacial score (nSPS) is 15.6. The second kappa shape index (κ2) is 6.44. The molecule has 0 aliphatic carbocycles. The van der Waals surface area contributed by atoms with E-state index in [2.05, 4.69) is 19.9 Å². The molecule has 0 saturated carbocycles. The lowest BCUT2D eigenvalue weighted by molar-refractivity contribution is 0.0732. The van der Waals surface area contributed by atoms with E-state index in [-0.39, 0.29) is 5.91 Å². The van der Waals surface area contributed by atoms with Crippen LogP contribution in [0.5, 0.6) is 0 Å². The molecule has 4 heterocycles. The Balaban J connectivity index is 1.53. The SMILES string of the molecule is Cc1nc(C)c(C(=O)N2CCCN(c3ncnc4ccsc34)CC2)o1. The molecule has 25 heavy (non-hydrogen) atoms. The minimum atomic E-state index is -0.0797. The average Bonchev–Trinajstić information content (AvgIpc) is 3.12. The first-order valence-electron chi connectivity index (χ1n) is 8.30. The van der Waals surface area contributed by atoms with E-state index < -0.39 is 0 Å². The van der Waals surface area contributed by atoms with Crippen LogP contribution in [-0.4, -0.2) is 51.9 Å². The first-order valence-corrected chi connectivity index (χ1v) is 9.18. The Bertz CT molecular complexity index is 919. The van der Waals surface area contributed by atoms with Crippen LogP contribution in [0.15, 0.2) is 22.2 Å². The van der Waals surface area contributed by atoms with Gasteiger partial charge in [-0.2, -0.15) is 0 Å². The smallest absolute Gasteiger partial charge is 0.291 e. The number of hydrogen-bond acceptors (Lipinski definition) is 7. The Morgan fingerprint density at radius 1 is 1.20 bits per heavy atom. The van der Waals surface area contributed by atoms with Crippen molar-refractivity contribution in [3.63, 3.8) is 0 Å². The fraction of sp³-hybridized carbons (Fsp3) is 0.412. The number of aryl methyl sites for hydroxylation is 2. The molecule has 4 rings (SSSR count). The van der Waals surface area contributed by atoms with Crippen LogP contribution >= 0.6 is 11.3 Å². The van der Waals surface area contributed by atoms with Crippen LogP contribution in [0.4, 0.5) is 5.82 Å². The Morgan fingerprint density at radius 2 is 2.08 bits per heavy atom. The van der Waals surface area contributed by atoms with Crippen LogP contribution in [0.3, 0.4) is 0 Å². The minimum absolute atomic E-state index is 0.0797. The maximum atomic E-state index is 12.8. The van der Waals surface area contributed by atoms with E-state index in [1.165, 1.54) is 0 Å². The molecule has 8 heteroatoms. The van der Waals surface area contributed by atoms with E-state index in [4.69, 9.17) is 4.42 Å². The standard InChI is InChI=1S/C17H19N5O2S/c1-11-14(24-12(2)20-11)17(23)22-6-3-5-21(7-8-22)16-15-13(4-9-25-15)18-10-19-16/h4,9-10H,3,5-8H2,1-2H3. The zero-order chi connectivity index (χ0) is 17.4. The summed E-state index contributed by atoms with van der Waals surface area (Å²) in [7, 11) is 0. The van der Waals surface area contributed by atoms with Gasteiger partial charge in [0.15, 0.2) is 5.89 Å². The predicted molar refractivity (Wildman–Crippen MR) is 96.1 cm³/mol. The number of oxazole rings is 1. The lowest BCUT2D eigenvalue weighted by Crippen LogP contribution is -2.35. The Kier molecular flexibility index (Phi) is 4.12. The molecule has 1 amide bonds. The molecule has 0 N–H and O–H groups in total. The molecular formula is C17H19N5O2S. The number of carbonyl (C=O) groups excluding carboxylic acids is 1. The van der Waals surface area contributed by atoms with Crippen molar-refractivity contribution in [2.75, 3.05) is 31.1 Å². The van der Waals surface area contributed by atoms with Crippen LogP contribution in [-0.2, 0) is 0 Å². The van der Waals surface area contributed by atoms with E-state index in [1.807, 2.05) is 23.3 Å². The monoisotopic (exact) mass is 357 g/mol. The lowest BCUT2D eigenvalue weighted by Gasteiger charge is -2.22. The second-order valence-corrected chi connectivity index (χ2v) is 7.03. The zero-order valence-corrected chi connectivity index (χ0v) is 15.0. The first-order chi connectivity index (χ1) is 12.1. The molecule has 1 aliphatic rings. The number of fused-ring (bicyclic) bond motifs is 1. The number of rotatable bonds is 2. The van der Waals surface area contributed by atoms with Gasteiger partial charge in [-0.3, -0.25) is 4.79 Å². The summed E-state index contributed by atoms with van der Waals surface area (Å²) in [6.45, 7) is 6.50. The van der Waals surface area contributed by atoms with Crippen LogP contribution in [0, 0.1) is 13.8 Å². The molecule has 1 saturated heterocycles. The fourth-order valence-electron chi connectivity index (χ4n) is 3.21. The van der Waals surface area contributed by atoms with Gasteiger partial charge < -0.3 is 14.2 Å². The molecule has 0 unspecified atom stereocenters. The molecule has 7 nitrogen and oxygen atoms in total. The van der Waals surface area contributed by atoms with Gasteiger partial charge in [-0.15, -0.1) is 11.3 Å². The van der Waals surface area contributed by atoms with Gasteiger partial charge in [0.1, 0.15) is 12.1 Å². The number of nitrogens with zero attached hydrogens (tertiary/aromatic N) is 5. The molecule has 130 valence electrons. The third kappa shape index (κ3) is 2.97. The van der Waals surface area contributed by atoms with Crippen LogP contribution < -0.4 is 4.90 Å². The molecule has 0 spiro atoms. The zero-order valence-electron chi connectivity index (χ0n) is 14.2. The van der Waals surface area contributed by atoms with Crippen molar-refractivity contribution in [2.24, 2.45) is 0 Å². The van der Waals surface area contributed by atoms with Crippen molar-refractivity contribution in [1.29, 1.82) is 0 Å². The molecular weight excluding hydrogens is 338 g/mol. The van der Waals surface area contributed by atoms with Gasteiger partial charge in [0.2, 0.25) is 5.76 Å². The lowest BCUT2D eigenvalue weighted by atomic mass is 10.3. The van der Waals surface area contributed by atoms with E-state index in [1.54, 1.807) is 24.6 Å². The molecule has 0 bridgehead atoms. The highest BCUT2D eigenvalue weighted by molar-refractivity contribution is 7.17. The highest BCUT2D eigenvalue weighted by atomic mass is 32.1. The van der Waals surface area contributed by atoms with Gasteiger partial charge in [-0.25, -0.2) is 15.0 Å². The summed E-state index contributed by atoms with van der Waals surface area (Å²) in [6.07, 6.45) is 2.49. The average molecular weight is 357 g/mol. The maximum Gasteiger partial charge on any atom is 0.291 e. The van der Waals surface area contributed by atoms with Crippen molar-refractivity contribution in [2.45, 2.75) is 20.3 Å². The summed E-state index contributed by atoms with van der Waals surface area (Å²) < 4.78 is 6.59. The number of aromatic nitrogens is 3. The molecule has 1 aliphatic heterocycles. The van der Waals surface area contributed by atoms with Crippen LogP contribution in [0.25, 0.3) is 10.2 Å². The van der Waals surface area contributed by atoms with Gasteiger partial charge >= 0.3 is 0 Å². The van der Waals surface area contributed by atoms with E-state index in [0.29, 0.717) is 30.4 Å². The predicted octanol–water partition coefficient (Wildman–Crippen LogP) is 2.65. The molecule has 0 radical (unpaired) electrons. The Morgan fingerprint density at radius 3 is 2.88 bits per heavy atom. The highest BCUT2D eigenvalue weighted by Gasteiger charge is 2.26. The highest BCUT2D eigenvalue weighted by Crippen LogP contribution is 2.28. The first kappa shape index (κ1) is 16.0.